The first-order chi connectivity index (χ1) is 16.9. The Labute approximate surface area is 209 Å². The molecule has 0 spiro atoms. The topological polar surface area (TPSA) is 101 Å². The summed E-state index contributed by atoms with van der Waals surface area (Å²) in [7, 11) is 1.60. The first-order valence-electron chi connectivity index (χ1n) is 11.4. The van der Waals surface area contributed by atoms with E-state index in [1.807, 2.05) is 41.3 Å². The molecule has 1 saturated heterocycles. The van der Waals surface area contributed by atoms with Crippen LogP contribution >= 0.6 is 11.6 Å². The molecule has 10 heteroatoms. The Morgan fingerprint density at radius 2 is 1.77 bits per heavy atom. The van der Waals surface area contributed by atoms with Gasteiger partial charge in [-0.3, -0.25) is 14.5 Å². The van der Waals surface area contributed by atoms with Crippen molar-refractivity contribution in [1.29, 1.82) is 0 Å². The highest BCUT2D eigenvalue weighted by molar-refractivity contribution is 6.30. The fraction of sp³-hybridized carbons (Fsp3) is 0.360. The molecule has 1 fully saturated rings. The maximum atomic E-state index is 13.0. The van der Waals surface area contributed by atoms with E-state index in [1.54, 1.807) is 19.2 Å². The molecule has 1 aliphatic rings. The molecule has 184 valence electrons. The van der Waals surface area contributed by atoms with Crippen LogP contribution in [0.25, 0.3) is 11.4 Å². The molecule has 1 atom stereocenters. The summed E-state index contributed by atoms with van der Waals surface area (Å²) in [6.45, 7) is 4.53. The summed E-state index contributed by atoms with van der Waals surface area (Å²) in [4.78, 5) is 33.2. The molecule has 0 unspecified atom stereocenters. The number of hydrogen-bond donors (Lipinski definition) is 1. The second kappa shape index (κ2) is 11.3. The zero-order chi connectivity index (χ0) is 24.8. The van der Waals surface area contributed by atoms with Gasteiger partial charge in [-0.1, -0.05) is 28.9 Å². The zero-order valence-corrected chi connectivity index (χ0v) is 20.5. The minimum atomic E-state index is -0.395. The molecule has 0 bridgehead atoms. The Balaban J connectivity index is 1.30. The number of aromatic nitrogens is 2. The lowest BCUT2D eigenvalue weighted by atomic mass is 10.0. The molecular weight excluding hydrogens is 470 g/mol. The number of benzene rings is 2. The first kappa shape index (κ1) is 24.7. The average molecular weight is 498 g/mol. The molecule has 0 aliphatic carbocycles. The Bertz CT molecular complexity index is 1140. The maximum Gasteiger partial charge on any atom is 0.241 e. The Kier molecular flexibility index (Phi) is 7.99. The molecule has 9 nitrogen and oxygen atoms in total. The minimum absolute atomic E-state index is 0.00188. The fourth-order valence-corrected chi connectivity index (χ4v) is 4.15. The number of rotatable bonds is 8. The van der Waals surface area contributed by atoms with Crippen LogP contribution in [0.1, 0.15) is 30.8 Å². The van der Waals surface area contributed by atoms with Crippen LogP contribution in [0.5, 0.6) is 5.75 Å². The molecule has 4 rings (SSSR count). The number of amides is 2. The minimum Gasteiger partial charge on any atom is -0.497 e. The van der Waals surface area contributed by atoms with Crippen molar-refractivity contribution in [2.45, 2.75) is 25.9 Å². The Morgan fingerprint density at radius 3 is 2.40 bits per heavy atom. The van der Waals surface area contributed by atoms with Gasteiger partial charge in [0.25, 0.3) is 0 Å². The van der Waals surface area contributed by atoms with Crippen molar-refractivity contribution in [3.63, 3.8) is 0 Å². The molecule has 0 saturated carbocycles. The highest BCUT2D eigenvalue weighted by atomic mass is 35.5. The third-order valence-corrected chi connectivity index (χ3v) is 6.18. The number of nitrogens with one attached hydrogen (secondary N) is 1. The van der Waals surface area contributed by atoms with Gasteiger partial charge in [0.2, 0.25) is 23.5 Å². The monoisotopic (exact) mass is 497 g/mol. The van der Waals surface area contributed by atoms with E-state index in [0.29, 0.717) is 49.5 Å². The summed E-state index contributed by atoms with van der Waals surface area (Å²) in [5.41, 5.74) is 1.70. The van der Waals surface area contributed by atoms with Gasteiger partial charge < -0.3 is 19.5 Å². The van der Waals surface area contributed by atoms with Crippen LogP contribution in [-0.2, 0) is 16.1 Å². The van der Waals surface area contributed by atoms with Crippen molar-refractivity contribution in [2.75, 3.05) is 33.3 Å². The van der Waals surface area contributed by atoms with Crippen molar-refractivity contribution < 1.29 is 18.8 Å². The summed E-state index contributed by atoms with van der Waals surface area (Å²) in [6.07, 6.45) is 0.194. The Hall–Kier alpha value is -3.43. The number of hydrogen-bond acceptors (Lipinski definition) is 7. The van der Waals surface area contributed by atoms with Crippen LogP contribution in [-0.4, -0.2) is 65.0 Å². The number of carbonyl (C=O) groups is 2. The normalized spacial score (nSPS) is 15.0. The zero-order valence-electron chi connectivity index (χ0n) is 19.7. The van der Waals surface area contributed by atoms with Gasteiger partial charge in [-0.2, -0.15) is 4.98 Å². The van der Waals surface area contributed by atoms with Crippen molar-refractivity contribution in [3.05, 3.63) is 65.0 Å². The molecule has 0 radical (unpaired) electrons. The van der Waals surface area contributed by atoms with Gasteiger partial charge in [-0.15, -0.1) is 0 Å². The van der Waals surface area contributed by atoms with E-state index in [2.05, 4.69) is 20.4 Å². The van der Waals surface area contributed by atoms with Gasteiger partial charge in [-0.25, -0.2) is 0 Å². The van der Waals surface area contributed by atoms with Crippen LogP contribution in [0, 0.1) is 0 Å². The van der Waals surface area contributed by atoms with Crippen molar-refractivity contribution >= 4 is 23.4 Å². The molecule has 2 amide bonds. The summed E-state index contributed by atoms with van der Waals surface area (Å²) in [5, 5.41) is 7.60. The van der Waals surface area contributed by atoms with Gasteiger partial charge in [-0.05, 0) is 42.0 Å². The van der Waals surface area contributed by atoms with Gasteiger partial charge >= 0.3 is 0 Å². The molecule has 3 aromatic rings. The largest absolute Gasteiger partial charge is 0.497 e. The van der Waals surface area contributed by atoms with Crippen molar-refractivity contribution in [3.8, 4) is 17.1 Å². The third-order valence-electron chi connectivity index (χ3n) is 5.93. The second-order valence-electron chi connectivity index (χ2n) is 8.41. The van der Waals surface area contributed by atoms with Crippen molar-refractivity contribution in [1.82, 2.24) is 25.3 Å². The molecule has 2 aromatic carbocycles. The number of piperazine rings is 1. The number of ether oxygens (including phenoxy) is 1. The number of nitrogens with zero attached hydrogens (tertiary/aromatic N) is 4. The standard InChI is InChI=1S/C25H28ClN5O4/c1-17(32)27-22(18-5-9-21(34-2)10-6-18)15-24(33)31-13-11-30(12-14-31)16-23-28-25(29-35-23)19-3-7-20(26)8-4-19/h3-10,22H,11-16H2,1-2H3,(H,27,32)/t22-/m0/s1. The molecule has 1 N–H and O–H groups in total. The van der Waals surface area contributed by atoms with Crippen LogP contribution < -0.4 is 10.1 Å². The molecule has 1 aliphatic heterocycles. The van der Waals surface area contributed by atoms with Crippen LogP contribution in [0.4, 0.5) is 0 Å². The molecular formula is C25H28ClN5O4. The highest BCUT2D eigenvalue weighted by Crippen LogP contribution is 2.22. The summed E-state index contributed by atoms with van der Waals surface area (Å²) >= 11 is 5.94. The molecule has 2 heterocycles. The lowest BCUT2D eigenvalue weighted by Gasteiger charge is -2.34. The van der Waals surface area contributed by atoms with E-state index in [4.69, 9.17) is 20.9 Å². The molecule has 35 heavy (non-hydrogen) atoms. The number of methoxy groups -OCH3 is 1. The van der Waals surface area contributed by atoms with Crippen LogP contribution in [0.15, 0.2) is 53.1 Å². The summed E-state index contributed by atoms with van der Waals surface area (Å²) in [5.74, 6) is 1.59. The lowest BCUT2D eigenvalue weighted by Crippen LogP contribution is -2.49. The SMILES string of the molecule is COc1ccc([C@H](CC(=O)N2CCN(Cc3nc(-c4ccc(Cl)cc4)no3)CC2)NC(C)=O)cc1. The van der Waals surface area contributed by atoms with Crippen LogP contribution in [0.2, 0.25) is 5.02 Å². The predicted octanol–water partition coefficient (Wildman–Crippen LogP) is 3.31. The Morgan fingerprint density at radius 1 is 1.09 bits per heavy atom. The maximum absolute atomic E-state index is 13.0. The van der Waals surface area contributed by atoms with Crippen LogP contribution in [0.3, 0.4) is 0 Å². The van der Waals surface area contributed by atoms with E-state index in [-0.39, 0.29) is 18.2 Å². The number of carbonyl (C=O) groups excluding carboxylic acids is 2. The van der Waals surface area contributed by atoms with E-state index in [0.717, 1.165) is 16.9 Å². The van der Waals surface area contributed by atoms with Gasteiger partial charge in [0, 0.05) is 43.7 Å². The fourth-order valence-electron chi connectivity index (χ4n) is 4.02. The number of halogens is 1. The lowest BCUT2D eigenvalue weighted by molar-refractivity contribution is -0.133. The average Bonchev–Trinajstić information content (AvgIpc) is 3.32. The predicted molar refractivity (Wildman–Crippen MR) is 131 cm³/mol. The summed E-state index contributed by atoms with van der Waals surface area (Å²) < 4.78 is 10.6. The van der Waals surface area contributed by atoms with Gasteiger partial charge in [0.15, 0.2) is 0 Å². The van der Waals surface area contributed by atoms with E-state index in [9.17, 15) is 9.59 Å². The highest BCUT2D eigenvalue weighted by Gasteiger charge is 2.26. The smallest absolute Gasteiger partial charge is 0.241 e. The van der Waals surface area contributed by atoms with Gasteiger partial charge in [0.05, 0.1) is 26.1 Å². The van der Waals surface area contributed by atoms with E-state index >= 15 is 0 Å². The van der Waals surface area contributed by atoms with Crippen molar-refractivity contribution in [2.24, 2.45) is 0 Å². The quantitative estimate of drug-likeness (QED) is 0.509. The third kappa shape index (κ3) is 6.58. The first-order valence-corrected chi connectivity index (χ1v) is 11.8. The van der Waals surface area contributed by atoms with Gasteiger partial charge in [0.1, 0.15) is 5.75 Å². The van der Waals surface area contributed by atoms with E-state index < -0.39 is 6.04 Å². The summed E-state index contributed by atoms with van der Waals surface area (Å²) in [6, 6.07) is 14.3. The second-order valence-corrected chi connectivity index (χ2v) is 8.84. The van der Waals surface area contributed by atoms with E-state index in [1.165, 1.54) is 6.92 Å². The molecule has 1 aromatic heterocycles.